The first-order valence-corrected chi connectivity index (χ1v) is 4.51. The van der Waals surface area contributed by atoms with Gasteiger partial charge in [0.1, 0.15) is 12.2 Å². The third-order valence-electron chi connectivity index (χ3n) is 1.85. The Bertz CT molecular complexity index is 466. The van der Waals surface area contributed by atoms with Gasteiger partial charge in [-0.3, -0.25) is 9.59 Å². The van der Waals surface area contributed by atoms with Crippen molar-refractivity contribution in [1.82, 2.24) is 0 Å². The maximum atomic E-state index is 10.7. The number of rotatable bonds is 3. The highest BCUT2D eigenvalue weighted by atomic mass is 16.5. The fraction of sp³-hybridized carbons (Fsp3) is 0.167. The van der Waals surface area contributed by atoms with E-state index in [0.29, 0.717) is 23.2 Å². The van der Waals surface area contributed by atoms with E-state index in [1.54, 1.807) is 18.2 Å². The van der Waals surface area contributed by atoms with E-state index in [-0.39, 0.29) is 6.42 Å². The monoisotopic (exact) mass is 218 g/mol. The highest BCUT2D eigenvalue weighted by molar-refractivity contribution is 5.80. The molecule has 0 aromatic heterocycles. The second kappa shape index (κ2) is 5.56. The van der Waals surface area contributed by atoms with E-state index in [2.05, 4.69) is 11.8 Å². The van der Waals surface area contributed by atoms with Crippen molar-refractivity contribution in [2.75, 3.05) is 7.11 Å². The van der Waals surface area contributed by atoms with Crippen molar-refractivity contribution in [2.24, 2.45) is 0 Å². The Morgan fingerprint density at radius 1 is 1.56 bits per heavy atom. The van der Waals surface area contributed by atoms with Crippen LogP contribution in [0.15, 0.2) is 18.2 Å². The summed E-state index contributed by atoms with van der Waals surface area (Å²) in [5.41, 5.74) is 0.884. The van der Waals surface area contributed by atoms with Crippen LogP contribution in [0, 0.1) is 11.8 Å². The number of hydrogen-bond donors (Lipinski definition) is 1. The van der Waals surface area contributed by atoms with E-state index in [1.165, 1.54) is 7.11 Å². The Hall–Kier alpha value is -2.28. The first-order chi connectivity index (χ1) is 7.67. The molecule has 1 aromatic rings. The number of aliphatic carboxylic acids is 1. The Morgan fingerprint density at radius 2 is 2.31 bits per heavy atom. The topological polar surface area (TPSA) is 63.6 Å². The molecule has 0 spiro atoms. The van der Waals surface area contributed by atoms with Crippen molar-refractivity contribution in [2.45, 2.75) is 6.42 Å². The SMILES string of the molecule is COc1ccc(C=O)c(C#CCC(=O)O)c1. The van der Waals surface area contributed by atoms with E-state index in [1.807, 2.05) is 0 Å². The minimum Gasteiger partial charge on any atom is -0.497 e. The maximum Gasteiger partial charge on any atom is 0.315 e. The predicted octanol–water partition coefficient (Wildman–Crippen LogP) is 1.33. The number of carboxylic acids is 1. The molecular formula is C12H10O4. The van der Waals surface area contributed by atoms with Crippen LogP contribution >= 0.6 is 0 Å². The van der Waals surface area contributed by atoms with Gasteiger partial charge in [-0.2, -0.15) is 0 Å². The molecule has 16 heavy (non-hydrogen) atoms. The molecule has 0 fully saturated rings. The Labute approximate surface area is 92.9 Å². The smallest absolute Gasteiger partial charge is 0.315 e. The zero-order valence-electron chi connectivity index (χ0n) is 8.69. The summed E-state index contributed by atoms with van der Waals surface area (Å²) in [5, 5.41) is 8.42. The number of benzene rings is 1. The molecule has 1 N–H and O–H groups in total. The molecule has 0 aliphatic carbocycles. The molecule has 0 heterocycles. The fourth-order valence-corrected chi connectivity index (χ4v) is 1.09. The summed E-state index contributed by atoms with van der Waals surface area (Å²) in [5.74, 6) is 4.67. The number of carboxylic acid groups (broad SMARTS) is 1. The molecule has 0 saturated heterocycles. The maximum absolute atomic E-state index is 10.7. The third kappa shape index (κ3) is 3.14. The molecule has 1 rings (SSSR count). The van der Waals surface area contributed by atoms with Crippen molar-refractivity contribution in [1.29, 1.82) is 0 Å². The van der Waals surface area contributed by atoms with Crippen LogP contribution in [0.3, 0.4) is 0 Å². The lowest BCUT2D eigenvalue weighted by atomic mass is 10.1. The standard InChI is InChI=1S/C12H10O4/c1-16-11-6-5-10(8-13)9(7-11)3-2-4-12(14)15/h5-8H,4H2,1H3,(H,14,15). The van der Waals surface area contributed by atoms with E-state index in [9.17, 15) is 9.59 Å². The first-order valence-electron chi connectivity index (χ1n) is 4.51. The normalized spacial score (nSPS) is 8.81. The number of aldehydes is 1. The van der Waals surface area contributed by atoms with Crippen molar-refractivity contribution in [3.05, 3.63) is 29.3 Å². The fourth-order valence-electron chi connectivity index (χ4n) is 1.09. The third-order valence-corrected chi connectivity index (χ3v) is 1.85. The van der Waals surface area contributed by atoms with Crippen LogP contribution in [0.1, 0.15) is 22.3 Å². The zero-order valence-corrected chi connectivity index (χ0v) is 8.69. The molecule has 82 valence electrons. The molecule has 0 unspecified atom stereocenters. The van der Waals surface area contributed by atoms with Crippen LogP contribution < -0.4 is 4.74 Å². The quantitative estimate of drug-likeness (QED) is 0.614. The predicted molar refractivity (Wildman–Crippen MR) is 57.5 cm³/mol. The summed E-state index contributed by atoms with van der Waals surface area (Å²) in [7, 11) is 1.50. The summed E-state index contributed by atoms with van der Waals surface area (Å²) in [6.45, 7) is 0. The summed E-state index contributed by atoms with van der Waals surface area (Å²) >= 11 is 0. The molecular weight excluding hydrogens is 208 g/mol. The van der Waals surface area contributed by atoms with Crippen molar-refractivity contribution < 1.29 is 19.4 Å². The summed E-state index contributed by atoms with van der Waals surface area (Å²) in [6, 6.07) is 4.82. The average Bonchev–Trinajstić information content (AvgIpc) is 2.28. The number of ether oxygens (including phenoxy) is 1. The molecule has 0 aliphatic rings. The molecule has 0 aliphatic heterocycles. The van der Waals surface area contributed by atoms with Crippen molar-refractivity contribution >= 4 is 12.3 Å². The van der Waals surface area contributed by atoms with Gasteiger partial charge in [-0.15, -0.1) is 0 Å². The number of carbonyl (C=O) groups excluding carboxylic acids is 1. The minimum absolute atomic E-state index is 0.254. The van der Waals surface area contributed by atoms with Gasteiger partial charge in [-0.1, -0.05) is 11.8 Å². The first kappa shape index (κ1) is 11.8. The molecule has 4 nitrogen and oxygen atoms in total. The Balaban J connectivity index is 3.02. The van der Waals surface area contributed by atoms with Crippen molar-refractivity contribution in [3.63, 3.8) is 0 Å². The highest BCUT2D eigenvalue weighted by Gasteiger charge is 2.01. The minimum atomic E-state index is -0.997. The number of methoxy groups -OCH3 is 1. The number of hydrogen-bond acceptors (Lipinski definition) is 3. The molecule has 0 bridgehead atoms. The van der Waals surface area contributed by atoms with Gasteiger partial charge in [0.15, 0.2) is 6.29 Å². The average molecular weight is 218 g/mol. The van der Waals surface area contributed by atoms with E-state index >= 15 is 0 Å². The van der Waals surface area contributed by atoms with Crippen LogP contribution in [0.5, 0.6) is 5.75 Å². The second-order valence-corrected chi connectivity index (χ2v) is 2.94. The lowest BCUT2D eigenvalue weighted by Gasteiger charge is -2.01. The molecule has 1 aromatic carbocycles. The van der Waals surface area contributed by atoms with Crippen LogP contribution in [-0.2, 0) is 4.79 Å². The van der Waals surface area contributed by atoms with Crippen LogP contribution in [-0.4, -0.2) is 24.5 Å². The second-order valence-electron chi connectivity index (χ2n) is 2.94. The molecule has 4 heteroatoms. The molecule has 0 radical (unpaired) electrons. The largest absolute Gasteiger partial charge is 0.497 e. The highest BCUT2D eigenvalue weighted by Crippen LogP contribution is 2.15. The van der Waals surface area contributed by atoms with Crippen LogP contribution in [0.2, 0.25) is 0 Å². The zero-order chi connectivity index (χ0) is 12.0. The van der Waals surface area contributed by atoms with Gasteiger partial charge < -0.3 is 9.84 Å². The van der Waals surface area contributed by atoms with Gasteiger partial charge in [-0.05, 0) is 18.2 Å². The van der Waals surface area contributed by atoms with E-state index in [4.69, 9.17) is 9.84 Å². The van der Waals surface area contributed by atoms with E-state index < -0.39 is 5.97 Å². The lowest BCUT2D eigenvalue weighted by Crippen LogP contribution is -1.92. The van der Waals surface area contributed by atoms with Crippen molar-refractivity contribution in [3.8, 4) is 17.6 Å². The van der Waals surface area contributed by atoms with Gasteiger partial charge in [-0.25, -0.2) is 0 Å². The molecule has 0 amide bonds. The van der Waals surface area contributed by atoms with Gasteiger partial charge in [0.2, 0.25) is 0 Å². The summed E-state index contributed by atoms with van der Waals surface area (Å²) in [4.78, 5) is 21.0. The number of carbonyl (C=O) groups is 2. The van der Waals surface area contributed by atoms with E-state index in [0.717, 1.165) is 0 Å². The van der Waals surface area contributed by atoms with Gasteiger partial charge in [0.05, 0.1) is 7.11 Å². The lowest BCUT2D eigenvalue weighted by molar-refractivity contribution is -0.135. The van der Waals surface area contributed by atoms with Gasteiger partial charge >= 0.3 is 5.97 Å². The Kier molecular flexibility index (Phi) is 4.10. The van der Waals surface area contributed by atoms with Crippen LogP contribution in [0.25, 0.3) is 0 Å². The summed E-state index contributed by atoms with van der Waals surface area (Å²) < 4.78 is 4.98. The summed E-state index contributed by atoms with van der Waals surface area (Å²) in [6.07, 6.45) is 0.416. The van der Waals surface area contributed by atoms with Gasteiger partial charge in [0, 0.05) is 11.1 Å². The van der Waals surface area contributed by atoms with Gasteiger partial charge in [0.25, 0.3) is 0 Å². The van der Waals surface area contributed by atoms with Crippen LogP contribution in [0.4, 0.5) is 0 Å². The molecule has 0 atom stereocenters. The Morgan fingerprint density at radius 3 is 2.88 bits per heavy atom. The molecule has 0 saturated carbocycles.